The van der Waals surface area contributed by atoms with Crippen molar-refractivity contribution in [3.05, 3.63) is 53.8 Å². The fourth-order valence-corrected chi connectivity index (χ4v) is 4.10. The summed E-state index contributed by atoms with van der Waals surface area (Å²) >= 11 is 6.25. The molecule has 2 heterocycles. The maximum atomic E-state index is 12.4. The summed E-state index contributed by atoms with van der Waals surface area (Å²) in [7, 11) is 0.0925. The molecule has 8 nitrogen and oxygen atoms in total. The standard InChI is InChI=1S/C23H27ClN4O4Si/c1-6-21(29)26-17-10-15(9-16(24)11-17)19-12-18-20(13-25-19)28(27-22(18)23(30)31-2)14-32-7-8-33(3,4)5/h6,9-13H,1,7-8,14H2,2-5H3,(H,26,29). The molecule has 0 atom stereocenters. The Morgan fingerprint density at radius 1 is 1.24 bits per heavy atom. The van der Waals surface area contributed by atoms with Crippen molar-refractivity contribution >= 4 is 48.1 Å². The molecule has 1 aromatic carbocycles. The highest BCUT2D eigenvalue weighted by molar-refractivity contribution is 6.76. The van der Waals surface area contributed by atoms with Crippen LogP contribution in [0.5, 0.6) is 0 Å². The lowest BCUT2D eigenvalue weighted by Gasteiger charge is -2.15. The molecule has 0 fully saturated rings. The van der Waals surface area contributed by atoms with E-state index in [9.17, 15) is 9.59 Å². The number of halogens is 1. The van der Waals surface area contributed by atoms with Gasteiger partial charge in [-0.2, -0.15) is 5.10 Å². The number of rotatable bonds is 9. The summed E-state index contributed by atoms with van der Waals surface area (Å²) in [5.41, 5.74) is 2.55. The van der Waals surface area contributed by atoms with Gasteiger partial charge in [-0.3, -0.25) is 9.78 Å². The zero-order valence-corrected chi connectivity index (χ0v) is 20.9. The van der Waals surface area contributed by atoms with Gasteiger partial charge in [-0.05, 0) is 36.4 Å². The molecule has 0 radical (unpaired) electrons. The molecule has 0 bridgehead atoms. The SMILES string of the molecule is C=CC(=O)Nc1cc(Cl)cc(-c2cc3c(C(=O)OC)nn(COCC[Si](C)(C)C)c3cn2)c1. The molecule has 1 amide bonds. The number of esters is 1. The molecule has 0 unspecified atom stereocenters. The molecule has 0 spiro atoms. The van der Waals surface area contributed by atoms with Crippen LogP contribution in [0.1, 0.15) is 10.5 Å². The summed E-state index contributed by atoms with van der Waals surface area (Å²) in [6.07, 6.45) is 2.81. The summed E-state index contributed by atoms with van der Waals surface area (Å²) in [6.45, 7) is 11.1. The molecule has 0 aliphatic heterocycles. The first-order valence-electron chi connectivity index (χ1n) is 10.4. The average Bonchev–Trinajstić information content (AvgIpc) is 3.13. The number of nitrogens with one attached hydrogen (secondary N) is 1. The Labute approximate surface area is 198 Å². The fourth-order valence-electron chi connectivity index (χ4n) is 3.11. The molecule has 0 aliphatic rings. The highest BCUT2D eigenvalue weighted by atomic mass is 35.5. The first-order valence-corrected chi connectivity index (χ1v) is 14.5. The summed E-state index contributed by atoms with van der Waals surface area (Å²) in [6, 6.07) is 7.86. The Balaban J connectivity index is 1.97. The van der Waals surface area contributed by atoms with E-state index in [1.807, 2.05) is 0 Å². The number of amides is 1. The maximum Gasteiger partial charge on any atom is 0.359 e. The second-order valence-corrected chi connectivity index (χ2v) is 14.8. The van der Waals surface area contributed by atoms with Gasteiger partial charge in [0.2, 0.25) is 5.91 Å². The van der Waals surface area contributed by atoms with Gasteiger partial charge in [0.15, 0.2) is 5.69 Å². The highest BCUT2D eigenvalue weighted by Crippen LogP contribution is 2.29. The van der Waals surface area contributed by atoms with Crippen LogP contribution in [-0.2, 0) is 21.0 Å². The molecule has 2 aromatic heterocycles. The molecular weight excluding hydrogens is 460 g/mol. The minimum Gasteiger partial charge on any atom is -0.464 e. The van der Waals surface area contributed by atoms with Crippen LogP contribution in [0.2, 0.25) is 30.7 Å². The van der Waals surface area contributed by atoms with Crippen molar-refractivity contribution in [1.29, 1.82) is 0 Å². The zero-order valence-electron chi connectivity index (χ0n) is 19.1. The Morgan fingerprint density at radius 2 is 2.00 bits per heavy atom. The van der Waals surface area contributed by atoms with Crippen LogP contribution in [-0.4, -0.2) is 48.4 Å². The van der Waals surface area contributed by atoms with Crippen LogP contribution in [0.4, 0.5) is 5.69 Å². The molecule has 3 aromatic rings. The van der Waals surface area contributed by atoms with E-state index in [1.54, 1.807) is 35.1 Å². The second kappa shape index (κ2) is 10.3. The van der Waals surface area contributed by atoms with Crippen LogP contribution in [0.3, 0.4) is 0 Å². The molecular formula is C23H27ClN4O4Si. The largest absolute Gasteiger partial charge is 0.464 e. The summed E-state index contributed by atoms with van der Waals surface area (Å²) < 4.78 is 12.3. The highest BCUT2D eigenvalue weighted by Gasteiger charge is 2.20. The Hall–Kier alpha value is -3.01. The van der Waals surface area contributed by atoms with Gasteiger partial charge in [0.05, 0.1) is 24.5 Å². The van der Waals surface area contributed by atoms with Gasteiger partial charge in [0, 0.05) is 36.3 Å². The van der Waals surface area contributed by atoms with Crippen molar-refractivity contribution in [1.82, 2.24) is 14.8 Å². The van der Waals surface area contributed by atoms with Gasteiger partial charge in [0.1, 0.15) is 6.73 Å². The number of pyridine rings is 1. The number of nitrogens with zero attached hydrogens (tertiary/aromatic N) is 3. The van der Waals surface area contributed by atoms with E-state index in [1.165, 1.54) is 13.2 Å². The molecule has 1 N–H and O–H groups in total. The Morgan fingerprint density at radius 3 is 2.67 bits per heavy atom. The number of carbonyl (C=O) groups excluding carboxylic acids is 2. The summed E-state index contributed by atoms with van der Waals surface area (Å²) in [4.78, 5) is 28.6. The molecule has 0 aliphatic carbocycles. The molecule has 0 saturated carbocycles. The van der Waals surface area contributed by atoms with Crippen molar-refractivity contribution in [2.24, 2.45) is 0 Å². The van der Waals surface area contributed by atoms with Crippen LogP contribution >= 0.6 is 11.6 Å². The predicted octanol–water partition coefficient (Wildman–Crippen LogP) is 4.98. The minimum atomic E-state index is -1.22. The van der Waals surface area contributed by atoms with Gasteiger partial charge >= 0.3 is 5.97 Å². The minimum absolute atomic E-state index is 0.173. The van der Waals surface area contributed by atoms with Crippen molar-refractivity contribution in [3.63, 3.8) is 0 Å². The van der Waals surface area contributed by atoms with Crippen molar-refractivity contribution in [3.8, 4) is 11.3 Å². The first-order chi connectivity index (χ1) is 15.6. The Bertz CT molecular complexity index is 1200. The number of anilines is 1. The fraction of sp³-hybridized carbons (Fsp3) is 0.304. The third-order valence-corrected chi connectivity index (χ3v) is 6.79. The van der Waals surface area contributed by atoms with Crippen LogP contribution in [0.15, 0.2) is 43.1 Å². The van der Waals surface area contributed by atoms with E-state index in [4.69, 9.17) is 21.1 Å². The van der Waals surface area contributed by atoms with E-state index in [0.717, 1.165) is 6.04 Å². The smallest absolute Gasteiger partial charge is 0.359 e. The lowest BCUT2D eigenvalue weighted by atomic mass is 10.1. The third-order valence-electron chi connectivity index (χ3n) is 4.87. The van der Waals surface area contributed by atoms with Gasteiger partial charge in [-0.15, -0.1) is 0 Å². The van der Waals surface area contributed by atoms with E-state index in [0.29, 0.717) is 39.5 Å². The number of fused-ring (bicyclic) bond motifs is 1. The Kier molecular flexibility index (Phi) is 7.67. The number of carbonyl (C=O) groups is 2. The summed E-state index contributed by atoms with van der Waals surface area (Å²) in [5.74, 6) is -0.905. The second-order valence-electron chi connectivity index (χ2n) is 8.70. The molecule has 174 valence electrons. The number of hydrogen-bond acceptors (Lipinski definition) is 6. The van der Waals surface area contributed by atoms with Crippen LogP contribution in [0, 0.1) is 0 Å². The monoisotopic (exact) mass is 486 g/mol. The summed E-state index contributed by atoms with van der Waals surface area (Å²) in [5, 5.41) is 8.10. The third kappa shape index (κ3) is 6.28. The van der Waals surface area contributed by atoms with E-state index < -0.39 is 14.0 Å². The van der Waals surface area contributed by atoms with Crippen LogP contribution in [0.25, 0.3) is 22.2 Å². The van der Waals surface area contributed by atoms with Gasteiger partial charge < -0.3 is 14.8 Å². The number of aromatic nitrogens is 3. The lowest BCUT2D eigenvalue weighted by molar-refractivity contribution is -0.111. The number of hydrogen-bond donors (Lipinski definition) is 1. The number of methoxy groups -OCH3 is 1. The lowest BCUT2D eigenvalue weighted by Crippen LogP contribution is -2.22. The number of ether oxygens (including phenoxy) is 2. The quantitative estimate of drug-likeness (QED) is 0.198. The topological polar surface area (TPSA) is 95.3 Å². The first kappa shape index (κ1) is 24.6. The average molecular weight is 487 g/mol. The molecule has 3 rings (SSSR count). The van der Waals surface area contributed by atoms with E-state index in [2.05, 4.69) is 41.6 Å². The van der Waals surface area contributed by atoms with Gasteiger partial charge in [-0.1, -0.05) is 37.8 Å². The van der Waals surface area contributed by atoms with E-state index >= 15 is 0 Å². The van der Waals surface area contributed by atoms with Crippen molar-refractivity contribution < 1.29 is 19.1 Å². The zero-order chi connectivity index (χ0) is 24.2. The van der Waals surface area contributed by atoms with Crippen LogP contribution < -0.4 is 5.32 Å². The van der Waals surface area contributed by atoms with Crippen molar-refractivity contribution in [2.75, 3.05) is 19.0 Å². The van der Waals surface area contributed by atoms with Crippen molar-refractivity contribution in [2.45, 2.75) is 32.4 Å². The van der Waals surface area contributed by atoms with Gasteiger partial charge in [-0.25, -0.2) is 9.48 Å². The predicted molar refractivity (Wildman–Crippen MR) is 132 cm³/mol. The molecule has 10 heteroatoms. The normalized spacial score (nSPS) is 11.4. The molecule has 0 saturated heterocycles. The molecule has 33 heavy (non-hydrogen) atoms. The van der Waals surface area contributed by atoms with Gasteiger partial charge in [0.25, 0.3) is 0 Å². The maximum absolute atomic E-state index is 12.4. The van der Waals surface area contributed by atoms with E-state index in [-0.39, 0.29) is 18.3 Å². The number of benzene rings is 1.